The molecule has 1 aliphatic heterocycles. The average Bonchev–Trinajstić information content (AvgIpc) is 3.46. The summed E-state index contributed by atoms with van der Waals surface area (Å²) in [6.45, 7) is 0.445. The van der Waals surface area contributed by atoms with Gasteiger partial charge in [0.1, 0.15) is 6.04 Å². The minimum Gasteiger partial charge on any atom is -0.480 e. The van der Waals surface area contributed by atoms with Gasteiger partial charge >= 0.3 is 5.97 Å². The number of hydrogen-bond acceptors (Lipinski definition) is 6. The van der Waals surface area contributed by atoms with Crippen LogP contribution in [0.4, 0.5) is 0 Å². The monoisotopic (exact) mass is 505 g/mol. The number of nitrogen functional groups attached to an aromatic ring is 1. The normalized spacial score (nSPS) is 14.6. The third-order valence-corrected chi connectivity index (χ3v) is 6.45. The van der Waals surface area contributed by atoms with Gasteiger partial charge in [-0.05, 0) is 61.4 Å². The van der Waals surface area contributed by atoms with Crippen LogP contribution in [0.5, 0.6) is 0 Å². The molecule has 0 spiro atoms. The van der Waals surface area contributed by atoms with Crippen molar-refractivity contribution in [3.63, 3.8) is 0 Å². The van der Waals surface area contributed by atoms with Crippen molar-refractivity contribution in [2.24, 2.45) is 5.84 Å². The first-order valence-electron chi connectivity index (χ1n) is 12.0. The summed E-state index contributed by atoms with van der Waals surface area (Å²) < 4.78 is 0. The molecule has 2 aromatic carbocycles. The quantitative estimate of drug-likeness (QED) is 0.168. The molecule has 9 heteroatoms. The average molecular weight is 506 g/mol. The van der Waals surface area contributed by atoms with Gasteiger partial charge in [-0.1, -0.05) is 24.0 Å². The number of benzene rings is 2. The van der Waals surface area contributed by atoms with E-state index in [9.17, 15) is 19.5 Å². The SMILES string of the molecule is NNC(=O)c1cc(-c2ccc(C#Cc3ccc(C(=O)N4CCCC4C(=O)O)cc3)cc2)nc2ccncc12. The summed E-state index contributed by atoms with van der Waals surface area (Å²) in [5.41, 5.74) is 6.55. The molecule has 0 aliphatic carbocycles. The van der Waals surface area contributed by atoms with Gasteiger partial charge in [-0.2, -0.15) is 0 Å². The number of fused-ring (bicyclic) bond motifs is 1. The van der Waals surface area contributed by atoms with Crippen LogP contribution < -0.4 is 11.3 Å². The van der Waals surface area contributed by atoms with E-state index >= 15 is 0 Å². The summed E-state index contributed by atoms with van der Waals surface area (Å²) in [7, 11) is 0. The van der Waals surface area contributed by atoms with Crippen LogP contribution >= 0.6 is 0 Å². The third kappa shape index (κ3) is 4.93. The molecule has 4 N–H and O–H groups in total. The second kappa shape index (κ2) is 10.5. The van der Waals surface area contributed by atoms with Gasteiger partial charge in [0.05, 0.1) is 16.8 Å². The number of pyridine rings is 2. The first kappa shape index (κ1) is 24.6. The predicted octanol–water partition coefficient (Wildman–Crippen LogP) is 2.99. The van der Waals surface area contributed by atoms with Crippen LogP contribution in [0.3, 0.4) is 0 Å². The van der Waals surface area contributed by atoms with Crippen molar-refractivity contribution >= 4 is 28.7 Å². The maximum absolute atomic E-state index is 12.7. The predicted molar refractivity (Wildman–Crippen MR) is 141 cm³/mol. The Morgan fingerprint density at radius 1 is 1.00 bits per heavy atom. The fourth-order valence-electron chi connectivity index (χ4n) is 4.48. The van der Waals surface area contributed by atoms with Gasteiger partial charge < -0.3 is 10.0 Å². The van der Waals surface area contributed by atoms with Crippen LogP contribution in [0.25, 0.3) is 22.2 Å². The molecule has 1 saturated heterocycles. The van der Waals surface area contributed by atoms with Crippen molar-refractivity contribution < 1.29 is 19.5 Å². The third-order valence-electron chi connectivity index (χ3n) is 6.45. The number of carbonyl (C=O) groups is 3. The number of carboxylic acids is 1. The Labute approximate surface area is 218 Å². The summed E-state index contributed by atoms with van der Waals surface area (Å²) in [5, 5.41) is 9.94. The van der Waals surface area contributed by atoms with E-state index in [1.165, 1.54) is 4.90 Å². The molecule has 1 unspecified atom stereocenters. The summed E-state index contributed by atoms with van der Waals surface area (Å²) in [5.74, 6) is 9.86. The van der Waals surface area contributed by atoms with Crippen molar-refractivity contribution in [1.82, 2.24) is 20.3 Å². The molecular weight excluding hydrogens is 482 g/mol. The molecule has 1 aliphatic rings. The maximum Gasteiger partial charge on any atom is 0.326 e. The maximum atomic E-state index is 12.7. The van der Waals surface area contributed by atoms with Crippen LogP contribution in [0.2, 0.25) is 0 Å². The van der Waals surface area contributed by atoms with Gasteiger partial charge in [0, 0.05) is 46.6 Å². The molecule has 2 amide bonds. The van der Waals surface area contributed by atoms with Gasteiger partial charge in [0.15, 0.2) is 0 Å². The molecule has 2 aromatic heterocycles. The van der Waals surface area contributed by atoms with Gasteiger partial charge in [-0.3, -0.25) is 20.0 Å². The smallest absolute Gasteiger partial charge is 0.326 e. The summed E-state index contributed by atoms with van der Waals surface area (Å²) in [4.78, 5) is 46.6. The van der Waals surface area contributed by atoms with Crippen LogP contribution in [0.1, 0.15) is 44.7 Å². The minimum atomic E-state index is -0.973. The van der Waals surface area contributed by atoms with Crippen LogP contribution in [0, 0.1) is 11.8 Å². The van der Waals surface area contributed by atoms with Crippen molar-refractivity contribution in [2.45, 2.75) is 18.9 Å². The first-order valence-corrected chi connectivity index (χ1v) is 12.0. The number of aromatic nitrogens is 2. The lowest BCUT2D eigenvalue weighted by molar-refractivity contribution is -0.141. The highest BCUT2D eigenvalue weighted by Gasteiger charge is 2.34. The Kier molecular flexibility index (Phi) is 6.80. The first-order chi connectivity index (χ1) is 18.4. The van der Waals surface area contributed by atoms with E-state index in [0.29, 0.717) is 47.1 Å². The number of carbonyl (C=O) groups excluding carboxylic acids is 2. The summed E-state index contributed by atoms with van der Waals surface area (Å²) >= 11 is 0. The molecule has 188 valence electrons. The topological polar surface area (TPSA) is 139 Å². The Hall–Kier alpha value is -5.07. The van der Waals surface area contributed by atoms with E-state index in [0.717, 1.165) is 16.7 Å². The zero-order chi connectivity index (χ0) is 26.6. The highest BCUT2D eigenvalue weighted by atomic mass is 16.4. The number of carboxylic acid groups (broad SMARTS) is 1. The van der Waals surface area contributed by atoms with Crippen molar-refractivity contribution in [3.05, 3.63) is 95.3 Å². The molecule has 5 rings (SSSR count). The highest BCUT2D eigenvalue weighted by Crippen LogP contribution is 2.25. The van der Waals surface area contributed by atoms with E-state index in [1.54, 1.807) is 48.8 Å². The number of nitrogens with zero attached hydrogens (tertiary/aromatic N) is 3. The lowest BCUT2D eigenvalue weighted by Crippen LogP contribution is -2.40. The summed E-state index contributed by atoms with van der Waals surface area (Å²) in [6.07, 6.45) is 4.35. The number of hydrogen-bond donors (Lipinski definition) is 3. The Bertz CT molecular complexity index is 1600. The standard InChI is InChI=1S/C29H23N5O4/c30-33-27(35)22-16-25(32-24-13-14-31-17-23(22)24)20-9-5-18(6-10-20)3-4-19-7-11-21(12-8-19)28(36)34-15-1-2-26(34)29(37)38/h5-14,16-17,26H,1-2,15,30H2,(H,33,35)(H,37,38). The van der Waals surface area contributed by atoms with Crippen LogP contribution in [0.15, 0.2) is 73.1 Å². The van der Waals surface area contributed by atoms with Gasteiger partial charge in [0.25, 0.3) is 11.8 Å². The highest BCUT2D eigenvalue weighted by molar-refractivity contribution is 6.06. The largest absolute Gasteiger partial charge is 0.480 e. The fourth-order valence-corrected chi connectivity index (χ4v) is 4.48. The van der Waals surface area contributed by atoms with Crippen LogP contribution in [-0.4, -0.2) is 50.3 Å². The van der Waals surface area contributed by atoms with Gasteiger partial charge in [-0.25, -0.2) is 15.6 Å². The number of nitrogens with two attached hydrogens (primary N) is 1. The van der Waals surface area contributed by atoms with Gasteiger partial charge in [-0.15, -0.1) is 0 Å². The Morgan fingerprint density at radius 2 is 1.68 bits per heavy atom. The molecular formula is C29H23N5O4. The number of rotatable bonds is 4. The zero-order valence-corrected chi connectivity index (χ0v) is 20.2. The molecule has 0 saturated carbocycles. The number of nitrogens with one attached hydrogen (secondary N) is 1. The minimum absolute atomic E-state index is 0.282. The molecule has 9 nitrogen and oxygen atoms in total. The van der Waals surface area contributed by atoms with E-state index < -0.39 is 17.9 Å². The molecule has 0 bridgehead atoms. The molecule has 1 fully saturated rings. The fraction of sp³-hybridized carbons (Fsp3) is 0.138. The second-order valence-electron chi connectivity index (χ2n) is 8.82. The van der Waals surface area contributed by atoms with Crippen molar-refractivity contribution in [1.29, 1.82) is 0 Å². The molecule has 38 heavy (non-hydrogen) atoms. The van der Waals surface area contributed by atoms with Gasteiger partial charge in [0.2, 0.25) is 0 Å². The lowest BCUT2D eigenvalue weighted by Gasteiger charge is -2.21. The van der Waals surface area contributed by atoms with E-state index in [-0.39, 0.29) is 5.91 Å². The second-order valence-corrected chi connectivity index (χ2v) is 8.82. The number of hydrazine groups is 1. The lowest BCUT2D eigenvalue weighted by atomic mass is 10.0. The number of likely N-dealkylation sites (tertiary alicyclic amines) is 1. The number of aliphatic carboxylic acids is 1. The summed E-state index contributed by atoms with van der Waals surface area (Å²) in [6, 6.07) is 17.0. The van der Waals surface area contributed by atoms with E-state index in [1.807, 2.05) is 24.3 Å². The Balaban J connectivity index is 1.33. The molecule has 4 aromatic rings. The van der Waals surface area contributed by atoms with E-state index in [4.69, 9.17) is 5.84 Å². The zero-order valence-electron chi connectivity index (χ0n) is 20.2. The van der Waals surface area contributed by atoms with Crippen molar-refractivity contribution in [3.8, 4) is 23.1 Å². The Morgan fingerprint density at radius 3 is 2.34 bits per heavy atom. The van der Waals surface area contributed by atoms with Crippen LogP contribution in [-0.2, 0) is 4.79 Å². The van der Waals surface area contributed by atoms with Crippen molar-refractivity contribution in [2.75, 3.05) is 6.54 Å². The molecule has 3 heterocycles. The molecule has 0 radical (unpaired) electrons. The number of amides is 2. The molecule has 1 atom stereocenters. The van der Waals surface area contributed by atoms with E-state index in [2.05, 4.69) is 27.2 Å².